The lowest BCUT2D eigenvalue weighted by Crippen LogP contribution is -2.48. The maximum absolute atomic E-state index is 13.3. The minimum absolute atomic E-state index is 0.114. The molecule has 1 aromatic carbocycles. The van der Waals surface area contributed by atoms with Crippen molar-refractivity contribution in [2.45, 2.75) is 32.2 Å². The van der Waals surface area contributed by atoms with Gasteiger partial charge in [0.2, 0.25) is 11.8 Å². The first kappa shape index (κ1) is 20.3. The molecule has 0 N–H and O–H groups in total. The molecule has 2 fully saturated rings. The van der Waals surface area contributed by atoms with Crippen molar-refractivity contribution in [1.29, 1.82) is 5.26 Å². The molecule has 0 radical (unpaired) electrons. The van der Waals surface area contributed by atoms with E-state index in [0.717, 1.165) is 44.3 Å². The summed E-state index contributed by atoms with van der Waals surface area (Å²) in [6.45, 7) is 3.32. The Morgan fingerprint density at radius 2 is 1.82 bits per heavy atom. The van der Waals surface area contributed by atoms with E-state index in [0.29, 0.717) is 25.2 Å². The van der Waals surface area contributed by atoms with Crippen LogP contribution in [0.1, 0.15) is 36.8 Å². The van der Waals surface area contributed by atoms with Gasteiger partial charge in [-0.25, -0.2) is 0 Å². The summed E-state index contributed by atoms with van der Waals surface area (Å²) in [5.74, 6) is 0.471. The van der Waals surface area contributed by atoms with Gasteiger partial charge in [-0.05, 0) is 57.5 Å². The summed E-state index contributed by atoms with van der Waals surface area (Å²) in [6, 6.07) is 9.54. The maximum atomic E-state index is 13.3. The largest absolute Gasteiger partial charge is 0.342 e. The van der Waals surface area contributed by atoms with Crippen molar-refractivity contribution >= 4 is 11.8 Å². The Hall–Kier alpha value is -2.39. The molecule has 2 amide bonds. The molecule has 0 aromatic heterocycles. The van der Waals surface area contributed by atoms with Crippen molar-refractivity contribution in [2.75, 3.05) is 40.3 Å². The highest BCUT2D eigenvalue weighted by molar-refractivity contribution is 5.83. The number of amides is 2. The molecule has 3 rings (SSSR count). The van der Waals surface area contributed by atoms with Crippen LogP contribution in [0.15, 0.2) is 24.3 Å². The third-order valence-electron chi connectivity index (χ3n) is 5.59. The second-order valence-corrected chi connectivity index (χ2v) is 8.27. The van der Waals surface area contributed by atoms with E-state index in [1.165, 1.54) is 0 Å². The van der Waals surface area contributed by atoms with Crippen LogP contribution in [0.3, 0.4) is 0 Å². The molecule has 150 valence electrons. The number of benzene rings is 1. The number of carbonyl (C=O) groups excluding carboxylic acids is 2. The van der Waals surface area contributed by atoms with Gasteiger partial charge in [0, 0.05) is 38.6 Å². The second-order valence-electron chi connectivity index (χ2n) is 8.27. The fourth-order valence-corrected chi connectivity index (χ4v) is 3.72. The van der Waals surface area contributed by atoms with Gasteiger partial charge in [0.15, 0.2) is 0 Å². The second kappa shape index (κ2) is 9.20. The van der Waals surface area contributed by atoms with Crippen LogP contribution in [0, 0.1) is 23.2 Å². The lowest BCUT2D eigenvalue weighted by Gasteiger charge is -2.35. The minimum atomic E-state index is -0.114. The molecule has 2 aliphatic rings. The number of nitrogens with zero attached hydrogens (tertiary/aromatic N) is 4. The molecule has 1 heterocycles. The van der Waals surface area contributed by atoms with Crippen LogP contribution >= 0.6 is 0 Å². The molecule has 28 heavy (non-hydrogen) atoms. The van der Waals surface area contributed by atoms with Crippen molar-refractivity contribution < 1.29 is 9.59 Å². The van der Waals surface area contributed by atoms with Gasteiger partial charge >= 0.3 is 0 Å². The lowest BCUT2D eigenvalue weighted by atomic mass is 9.95. The molecule has 1 atom stereocenters. The van der Waals surface area contributed by atoms with Crippen LogP contribution in [0.25, 0.3) is 0 Å². The average molecular weight is 383 g/mol. The van der Waals surface area contributed by atoms with Gasteiger partial charge in [0.05, 0.1) is 17.6 Å². The third kappa shape index (κ3) is 5.32. The van der Waals surface area contributed by atoms with Crippen molar-refractivity contribution in [2.24, 2.45) is 11.8 Å². The zero-order valence-electron chi connectivity index (χ0n) is 16.9. The summed E-state index contributed by atoms with van der Waals surface area (Å²) < 4.78 is 0. The summed E-state index contributed by atoms with van der Waals surface area (Å²) in [7, 11) is 4.00. The summed E-state index contributed by atoms with van der Waals surface area (Å²) in [5, 5.41) is 8.97. The third-order valence-corrected chi connectivity index (χ3v) is 5.59. The van der Waals surface area contributed by atoms with E-state index in [4.69, 9.17) is 5.26 Å². The molecule has 6 nitrogen and oxygen atoms in total. The van der Waals surface area contributed by atoms with Crippen molar-refractivity contribution in [3.63, 3.8) is 0 Å². The van der Waals surface area contributed by atoms with Crippen LogP contribution in [-0.2, 0) is 16.1 Å². The number of hydrogen-bond donors (Lipinski definition) is 0. The van der Waals surface area contributed by atoms with E-state index in [1.54, 1.807) is 12.1 Å². The van der Waals surface area contributed by atoms with E-state index in [2.05, 4.69) is 11.0 Å². The highest BCUT2D eigenvalue weighted by atomic mass is 16.2. The first-order chi connectivity index (χ1) is 13.5. The fraction of sp³-hybridized carbons (Fsp3) is 0.591. The zero-order chi connectivity index (χ0) is 20.1. The highest BCUT2D eigenvalue weighted by Crippen LogP contribution is 2.32. The number of carbonyl (C=O) groups is 2. The molecule has 1 saturated heterocycles. The Labute approximate surface area is 167 Å². The smallest absolute Gasteiger partial charge is 0.227 e. The normalized spacial score (nSPS) is 19.4. The lowest BCUT2D eigenvalue weighted by molar-refractivity contribution is -0.142. The number of likely N-dealkylation sites (tertiary alicyclic amines) is 1. The van der Waals surface area contributed by atoms with Gasteiger partial charge in [-0.3, -0.25) is 9.59 Å². The average Bonchev–Trinajstić information content (AvgIpc) is 3.56. The topological polar surface area (TPSA) is 67.7 Å². The summed E-state index contributed by atoms with van der Waals surface area (Å²) in [5.41, 5.74) is 1.64. The Kier molecular flexibility index (Phi) is 6.69. The monoisotopic (exact) mass is 382 g/mol. The predicted octanol–water partition coefficient (Wildman–Crippen LogP) is 2.10. The minimum Gasteiger partial charge on any atom is -0.342 e. The van der Waals surface area contributed by atoms with E-state index >= 15 is 0 Å². The molecule has 6 heteroatoms. The molecule has 1 aromatic rings. The number of likely N-dealkylation sites (N-methyl/N-ethyl adjacent to an activating group) is 1. The molecule has 0 bridgehead atoms. The number of piperidine rings is 1. The zero-order valence-corrected chi connectivity index (χ0v) is 16.9. The molecule has 1 unspecified atom stereocenters. The van der Waals surface area contributed by atoms with Crippen LogP contribution in [-0.4, -0.2) is 66.8 Å². The van der Waals surface area contributed by atoms with Crippen LogP contribution in [0.5, 0.6) is 0 Å². The first-order valence-corrected chi connectivity index (χ1v) is 10.2. The first-order valence-electron chi connectivity index (χ1n) is 10.2. The molecule has 0 spiro atoms. The Morgan fingerprint density at radius 1 is 1.11 bits per heavy atom. The standard InChI is InChI=1S/C22H30N4O2/c1-24(2)12-13-26(15-18-7-5-17(14-23)6-8-18)22(28)20-4-3-11-25(16-20)21(27)19-9-10-19/h5-8,19-20H,3-4,9-13,15-16H2,1-2H3. The molecular formula is C22H30N4O2. The van der Waals surface area contributed by atoms with Crippen molar-refractivity contribution in [3.05, 3.63) is 35.4 Å². The van der Waals surface area contributed by atoms with Crippen LogP contribution in [0.4, 0.5) is 0 Å². The SMILES string of the molecule is CN(C)CCN(Cc1ccc(C#N)cc1)C(=O)C1CCCN(C(=O)C2CC2)C1. The van der Waals surface area contributed by atoms with Gasteiger partial charge in [-0.2, -0.15) is 5.26 Å². The van der Waals surface area contributed by atoms with Crippen LogP contribution in [0.2, 0.25) is 0 Å². The number of hydrogen-bond acceptors (Lipinski definition) is 4. The Bertz CT molecular complexity index is 734. The molecule has 1 aliphatic carbocycles. The van der Waals surface area contributed by atoms with Crippen molar-refractivity contribution in [3.8, 4) is 6.07 Å². The predicted molar refractivity (Wildman–Crippen MR) is 107 cm³/mol. The van der Waals surface area contributed by atoms with Gasteiger partial charge in [0.1, 0.15) is 0 Å². The highest BCUT2D eigenvalue weighted by Gasteiger charge is 2.37. The Morgan fingerprint density at radius 3 is 2.43 bits per heavy atom. The Balaban J connectivity index is 1.67. The maximum Gasteiger partial charge on any atom is 0.227 e. The van der Waals surface area contributed by atoms with Gasteiger partial charge < -0.3 is 14.7 Å². The molecule has 1 saturated carbocycles. The summed E-state index contributed by atoms with van der Waals surface area (Å²) >= 11 is 0. The fourth-order valence-electron chi connectivity index (χ4n) is 3.72. The van der Waals surface area contributed by atoms with Gasteiger partial charge in [0.25, 0.3) is 0 Å². The summed E-state index contributed by atoms with van der Waals surface area (Å²) in [6.07, 6.45) is 3.75. The summed E-state index contributed by atoms with van der Waals surface area (Å²) in [4.78, 5) is 31.6. The van der Waals surface area contributed by atoms with Crippen LogP contribution < -0.4 is 0 Å². The quantitative estimate of drug-likeness (QED) is 0.724. The van der Waals surface area contributed by atoms with Gasteiger partial charge in [-0.1, -0.05) is 12.1 Å². The van der Waals surface area contributed by atoms with Crippen molar-refractivity contribution in [1.82, 2.24) is 14.7 Å². The van der Waals surface area contributed by atoms with E-state index < -0.39 is 0 Å². The van der Waals surface area contributed by atoms with E-state index in [9.17, 15) is 9.59 Å². The molecular weight excluding hydrogens is 352 g/mol. The number of rotatable bonds is 7. The van der Waals surface area contributed by atoms with Gasteiger partial charge in [-0.15, -0.1) is 0 Å². The van der Waals surface area contributed by atoms with E-state index in [-0.39, 0.29) is 23.7 Å². The number of nitriles is 1. The molecule has 1 aliphatic heterocycles. The van der Waals surface area contributed by atoms with E-state index in [1.807, 2.05) is 36.0 Å².